The lowest BCUT2D eigenvalue weighted by atomic mass is 10.1. The quantitative estimate of drug-likeness (QED) is 0.572. The van der Waals surface area contributed by atoms with Crippen LogP contribution < -0.4 is 15.5 Å². The number of nitrogens with one attached hydrogen (secondary N) is 2. The molecule has 0 bridgehead atoms. The van der Waals surface area contributed by atoms with Gasteiger partial charge in [-0.25, -0.2) is 0 Å². The minimum Gasteiger partial charge on any atom is -0.378 e. The first-order valence-corrected chi connectivity index (χ1v) is 10.8. The summed E-state index contributed by atoms with van der Waals surface area (Å²) in [4.78, 5) is 28.4. The number of rotatable bonds is 10. The number of benzene rings is 2. The second-order valence-corrected chi connectivity index (χ2v) is 7.81. The van der Waals surface area contributed by atoms with Crippen molar-refractivity contribution >= 4 is 23.2 Å². The second-order valence-electron chi connectivity index (χ2n) is 7.81. The van der Waals surface area contributed by atoms with Crippen LogP contribution in [0.1, 0.15) is 12.0 Å². The molecule has 31 heavy (non-hydrogen) atoms. The van der Waals surface area contributed by atoms with Crippen molar-refractivity contribution in [2.24, 2.45) is 0 Å². The zero-order chi connectivity index (χ0) is 21.9. The predicted molar refractivity (Wildman–Crippen MR) is 123 cm³/mol. The molecule has 0 unspecified atom stereocenters. The lowest BCUT2D eigenvalue weighted by Gasteiger charge is -2.28. The number of hydrogen-bond acceptors (Lipinski definition) is 5. The molecule has 166 valence electrons. The molecule has 1 aliphatic rings. The maximum absolute atomic E-state index is 12.3. The SMILES string of the molecule is CN(CC(=O)NCCCc1ccccc1)CC(=O)Nc1ccc(N2CCOCC2)cc1. The van der Waals surface area contributed by atoms with Gasteiger partial charge in [0.15, 0.2) is 0 Å². The number of ether oxygens (including phenoxy) is 1. The minimum atomic E-state index is -0.140. The van der Waals surface area contributed by atoms with Crippen molar-refractivity contribution in [3.8, 4) is 0 Å². The molecule has 1 saturated heterocycles. The van der Waals surface area contributed by atoms with Crippen LogP contribution in [0.15, 0.2) is 54.6 Å². The van der Waals surface area contributed by atoms with Crippen LogP contribution in [0.3, 0.4) is 0 Å². The van der Waals surface area contributed by atoms with Crippen LogP contribution in [0, 0.1) is 0 Å². The van der Waals surface area contributed by atoms with E-state index in [2.05, 4.69) is 27.7 Å². The Morgan fingerprint density at radius 1 is 0.968 bits per heavy atom. The summed E-state index contributed by atoms with van der Waals surface area (Å²) in [5, 5.41) is 5.81. The molecule has 2 N–H and O–H groups in total. The molecule has 0 saturated carbocycles. The van der Waals surface area contributed by atoms with Gasteiger partial charge in [0.05, 0.1) is 26.3 Å². The Bertz CT molecular complexity index is 820. The Kier molecular flexibility index (Phi) is 8.87. The number of carbonyl (C=O) groups is 2. The largest absolute Gasteiger partial charge is 0.378 e. The fourth-order valence-corrected chi connectivity index (χ4v) is 3.54. The number of carbonyl (C=O) groups excluding carboxylic acids is 2. The van der Waals surface area contributed by atoms with Gasteiger partial charge >= 0.3 is 0 Å². The highest BCUT2D eigenvalue weighted by Gasteiger charge is 2.13. The molecule has 7 nitrogen and oxygen atoms in total. The Labute approximate surface area is 184 Å². The lowest BCUT2D eigenvalue weighted by molar-refractivity contribution is -0.122. The van der Waals surface area contributed by atoms with Gasteiger partial charge in [0.1, 0.15) is 0 Å². The molecule has 0 atom stereocenters. The number of aryl methyl sites for hydroxylation is 1. The molecule has 0 radical (unpaired) electrons. The standard InChI is InChI=1S/C24H32N4O3/c1-27(18-23(29)25-13-5-8-20-6-3-2-4-7-20)19-24(30)26-21-9-11-22(12-10-21)28-14-16-31-17-15-28/h2-4,6-7,9-12H,5,8,13-19H2,1H3,(H,25,29)(H,26,30). The van der Waals surface area contributed by atoms with Gasteiger partial charge in [-0.1, -0.05) is 30.3 Å². The fraction of sp³-hybridized carbons (Fsp3) is 0.417. The summed E-state index contributed by atoms with van der Waals surface area (Å²) in [7, 11) is 1.77. The van der Waals surface area contributed by atoms with E-state index in [4.69, 9.17) is 4.74 Å². The monoisotopic (exact) mass is 424 g/mol. The Hall–Kier alpha value is -2.90. The maximum Gasteiger partial charge on any atom is 0.238 e. The van der Waals surface area contributed by atoms with E-state index in [9.17, 15) is 9.59 Å². The second kappa shape index (κ2) is 12.1. The van der Waals surface area contributed by atoms with Crippen LogP contribution >= 0.6 is 0 Å². The highest BCUT2D eigenvalue weighted by molar-refractivity contribution is 5.92. The van der Waals surface area contributed by atoms with Gasteiger partial charge < -0.3 is 20.3 Å². The van der Waals surface area contributed by atoms with Crippen LogP contribution in [0.25, 0.3) is 0 Å². The third-order valence-corrected chi connectivity index (χ3v) is 5.16. The van der Waals surface area contributed by atoms with E-state index in [1.54, 1.807) is 11.9 Å². The van der Waals surface area contributed by atoms with Gasteiger partial charge in [0.25, 0.3) is 0 Å². The van der Waals surface area contributed by atoms with Crippen molar-refractivity contribution in [2.75, 3.05) is 63.2 Å². The summed E-state index contributed by atoms with van der Waals surface area (Å²) in [6.07, 6.45) is 1.82. The molecular weight excluding hydrogens is 392 g/mol. The first-order chi connectivity index (χ1) is 15.1. The van der Waals surface area contributed by atoms with E-state index in [1.807, 2.05) is 42.5 Å². The lowest BCUT2D eigenvalue weighted by Crippen LogP contribution is -2.39. The molecule has 1 aliphatic heterocycles. The Morgan fingerprint density at radius 3 is 2.35 bits per heavy atom. The zero-order valence-corrected chi connectivity index (χ0v) is 18.2. The number of nitrogens with zero attached hydrogens (tertiary/aromatic N) is 2. The highest BCUT2D eigenvalue weighted by atomic mass is 16.5. The van der Waals surface area contributed by atoms with Crippen molar-refractivity contribution in [1.29, 1.82) is 0 Å². The van der Waals surface area contributed by atoms with E-state index in [-0.39, 0.29) is 24.9 Å². The fourth-order valence-electron chi connectivity index (χ4n) is 3.54. The van der Waals surface area contributed by atoms with Crippen LogP contribution in [0.5, 0.6) is 0 Å². The van der Waals surface area contributed by atoms with Crippen molar-refractivity contribution in [2.45, 2.75) is 12.8 Å². The Morgan fingerprint density at radius 2 is 1.65 bits per heavy atom. The summed E-state index contributed by atoms with van der Waals surface area (Å²) in [6, 6.07) is 18.0. The molecule has 0 spiro atoms. The summed E-state index contributed by atoms with van der Waals surface area (Å²) >= 11 is 0. The first-order valence-electron chi connectivity index (χ1n) is 10.8. The first kappa shape index (κ1) is 22.8. The van der Waals surface area contributed by atoms with Crippen LogP contribution in [0.2, 0.25) is 0 Å². The van der Waals surface area contributed by atoms with Crippen LogP contribution in [-0.2, 0) is 20.7 Å². The van der Waals surface area contributed by atoms with E-state index >= 15 is 0 Å². The van der Waals surface area contributed by atoms with Crippen molar-refractivity contribution in [3.05, 3.63) is 60.2 Å². The summed E-state index contributed by atoms with van der Waals surface area (Å²) in [5.41, 5.74) is 3.15. The topological polar surface area (TPSA) is 73.9 Å². The molecule has 3 rings (SSSR count). The van der Waals surface area contributed by atoms with E-state index in [1.165, 1.54) is 5.56 Å². The van der Waals surface area contributed by atoms with Gasteiger partial charge in [0, 0.05) is 31.0 Å². The molecule has 1 heterocycles. The number of hydrogen-bond donors (Lipinski definition) is 2. The van der Waals surface area contributed by atoms with Gasteiger partial charge in [-0.05, 0) is 49.7 Å². The average molecular weight is 425 g/mol. The predicted octanol–water partition coefficient (Wildman–Crippen LogP) is 2.14. The molecule has 2 aromatic carbocycles. The van der Waals surface area contributed by atoms with Crippen LogP contribution in [-0.4, -0.2) is 69.7 Å². The normalized spacial score (nSPS) is 13.8. The molecule has 0 aliphatic carbocycles. The Balaban J connectivity index is 1.32. The van der Waals surface area contributed by atoms with Crippen molar-refractivity contribution < 1.29 is 14.3 Å². The number of anilines is 2. The molecule has 7 heteroatoms. The smallest absolute Gasteiger partial charge is 0.238 e. The third kappa shape index (κ3) is 8.03. The van der Waals surface area contributed by atoms with Crippen molar-refractivity contribution in [3.63, 3.8) is 0 Å². The van der Waals surface area contributed by atoms with E-state index < -0.39 is 0 Å². The molecule has 1 fully saturated rings. The molecular formula is C24H32N4O3. The highest BCUT2D eigenvalue weighted by Crippen LogP contribution is 2.19. The zero-order valence-electron chi connectivity index (χ0n) is 18.2. The summed E-state index contributed by atoms with van der Waals surface area (Å²) < 4.78 is 5.38. The number of amides is 2. The van der Waals surface area contributed by atoms with Gasteiger partial charge in [-0.2, -0.15) is 0 Å². The van der Waals surface area contributed by atoms with E-state index in [0.29, 0.717) is 6.54 Å². The summed E-state index contributed by atoms with van der Waals surface area (Å²) in [5.74, 6) is -0.211. The molecule has 2 amide bonds. The summed E-state index contributed by atoms with van der Waals surface area (Å²) in [6.45, 7) is 4.22. The maximum atomic E-state index is 12.3. The minimum absolute atomic E-state index is 0.0711. The van der Waals surface area contributed by atoms with E-state index in [0.717, 1.165) is 50.5 Å². The third-order valence-electron chi connectivity index (χ3n) is 5.16. The number of likely N-dealkylation sites (N-methyl/N-ethyl adjacent to an activating group) is 1. The van der Waals surface area contributed by atoms with Crippen LogP contribution in [0.4, 0.5) is 11.4 Å². The number of morpholine rings is 1. The average Bonchev–Trinajstić information content (AvgIpc) is 2.78. The van der Waals surface area contributed by atoms with Gasteiger partial charge in [0.2, 0.25) is 11.8 Å². The van der Waals surface area contributed by atoms with Gasteiger partial charge in [-0.3, -0.25) is 14.5 Å². The molecule has 2 aromatic rings. The molecule has 0 aromatic heterocycles. The van der Waals surface area contributed by atoms with Crippen molar-refractivity contribution in [1.82, 2.24) is 10.2 Å². The van der Waals surface area contributed by atoms with Gasteiger partial charge in [-0.15, -0.1) is 0 Å².